The Morgan fingerprint density at radius 1 is 1.38 bits per heavy atom. The molecule has 110 valence electrons. The van der Waals surface area contributed by atoms with Crippen molar-refractivity contribution in [3.05, 3.63) is 54.0 Å². The minimum absolute atomic E-state index is 0.0866. The van der Waals surface area contributed by atoms with Crippen molar-refractivity contribution < 1.29 is 19.5 Å². The monoisotopic (exact) mass is 287 g/mol. The lowest BCUT2D eigenvalue weighted by molar-refractivity contribution is 0.318. The Morgan fingerprint density at radius 2 is 2.24 bits per heavy atom. The number of allylic oxidation sites excluding steroid dienone is 1. The summed E-state index contributed by atoms with van der Waals surface area (Å²) in [5.41, 5.74) is 1.38. The van der Waals surface area contributed by atoms with Crippen LogP contribution in [0.25, 0.3) is 6.08 Å². The number of hydrogen-bond acceptors (Lipinski definition) is 5. The van der Waals surface area contributed by atoms with Gasteiger partial charge in [-0.2, -0.15) is 0 Å². The van der Waals surface area contributed by atoms with E-state index in [0.717, 1.165) is 11.3 Å². The van der Waals surface area contributed by atoms with Crippen molar-refractivity contribution in [1.29, 1.82) is 0 Å². The second kappa shape index (κ2) is 7.19. The van der Waals surface area contributed by atoms with Crippen molar-refractivity contribution in [2.45, 2.75) is 12.8 Å². The molecule has 0 aliphatic rings. The van der Waals surface area contributed by atoms with E-state index in [4.69, 9.17) is 14.4 Å². The summed E-state index contributed by atoms with van der Waals surface area (Å²) in [6.07, 6.45) is 6.35. The maximum atomic E-state index is 9.53. The van der Waals surface area contributed by atoms with E-state index in [0.29, 0.717) is 24.3 Å². The third kappa shape index (κ3) is 4.14. The molecule has 2 aromatic rings. The molecule has 2 N–H and O–H groups in total. The molecule has 0 spiro atoms. The van der Waals surface area contributed by atoms with E-state index in [9.17, 15) is 5.11 Å². The first-order valence-corrected chi connectivity index (χ1v) is 6.51. The summed E-state index contributed by atoms with van der Waals surface area (Å²) in [6.45, 7) is 0. The molecule has 0 aliphatic heterocycles. The van der Waals surface area contributed by atoms with Crippen LogP contribution in [0.3, 0.4) is 0 Å². The first-order chi connectivity index (χ1) is 10.2. The molecular weight excluding hydrogens is 270 g/mol. The number of methoxy groups -OCH3 is 1. The first kappa shape index (κ1) is 14.7. The zero-order chi connectivity index (χ0) is 15.1. The van der Waals surface area contributed by atoms with Crippen LogP contribution in [0.1, 0.15) is 17.7 Å². The minimum Gasteiger partial charge on any atom is -0.504 e. The van der Waals surface area contributed by atoms with Crippen LogP contribution in [0, 0.1) is 0 Å². The Hall–Kier alpha value is -2.69. The Kier molecular flexibility index (Phi) is 5.04. The maximum Gasteiger partial charge on any atom is 0.161 e. The van der Waals surface area contributed by atoms with Crippen LogP contribution < -0.4 is 4.74 Å². The molecule has 0 aliphatic carbocycles. The van der Waals surface area contributed by atoms with Crippen molar-refractivity contribution in [2.24, 2.45) is 5.16 Å². The average Bonchev–Trinajstić information content (AvgIpc) is 3.02. The minimum atomic E-state index is 0.0866. The Balaban J connectivity index is 2.00. The predicted octanol–water partition coefficient (Wildman–Crippen LogP) is 3.47. The van der Waals surface area contributed by atoms with Gasteiger partial charge in [0.15, 0.2) is 11.5 Å². The van der Waals surface area contributed by atoms with Gasteiger partial charge in [0.25, 0.3) is 0 Å². The highest BCUT2D eigenvalue weighted by atomic mass is 16.5. The molecule has 0 bridgehead atoms. The molecule has 0 fully saturated rings. The number of aryl methyl sites for hydroxylation is 1. The number of aromatic hydroxyl groups is 1. The Morgan fingerprint density at radius 3 is 2.90 bits per heavy atom. The zero-order valence-electron chi connectivity index (χ0n) is 11.7. The van der Waals surface area contributed by atoms with Crippen molar-refractivity contribution in [1.82, 2.24) is 0 Å². The van der Waals surface area contributed by atoms with Gasteiger partial charge in [-0.1, -0.05) is 17.3 Å². The molecule has 21 heavy (non-hydrogen) atoms. The smallest absolute Gasteiger partial charge is 0.161 e. The molecule has 0 saturated carbocycles. The number of furan rings is 1. The number of hydrogen-bond donors (Lipinski definition) is 2. The van der Waals surface area contributed by atoms with E-state index >= 15 is 0 Å². The standard InChI is InChI=1S/C16H17NO4/c1-20-16-11-12(5-9-15(16)18)4-6-13(17-19)7-8-14-3-2-10-21-14/h2-6,9-11,18-19H,7-8H2,1H3. The summed E-state index contributed by atoms with van der Waals surface area (Å²) in [6, 6.07) is 8.70. The molecule has 5 heteroatoms. The molecule has 1 aromatic heterocycles. The number of nitrogens with zero attached hydrogens (tertiary/aromatic N) is 1. The van der Waals surface area contributed by atoms with Crippen molar-refractivity contribution >= 4 is 11.8 Å². The number of benzene rings is 1. The van der Waals surface area contributed by atoms with Crippen LogP contribution in [0.15, 0.2) is 52.2 Å². The van der Waals surface area contributed by atoms with Crippen LogP contribution in [-0.2, 0) is 6.42 Å². The third-order valence-corrected chi connectivity index (χ3v) is 3.01. The topological polar surface area (TPSA) is 75.2 Å². The van der Waals surface area contributed by atoms with Crippen molar-refractivity contribution in [2.75, 3.05) is 7.11 Å². The van der Waals surface area contributed by atoms with Gasteiger partial charge in [-0.25, -0.2) is 0 Å². The van der Waals surface area contributed by atoms with Crippen LogP contribution >= 0.6 is 0 Å². The highest BCUT2D eigenvalue weighted by molar-refractivity contribution is 5.97. The van der Waals surface area contributed by atoms with E-state index in [2.05, 4.69) is 5.16 Å². The van der Waals surface area contributed by atoms with Gasteiger partial charge in [-0.3, -0.25) is 0 Å². The lowest BCUT2D eigenvalue weighted by Crippen LogP contribution is -1.96. The van der Waals surface area contributed by atoms with E-state index in [1.54, 1.807) is 36.6 Å². The number of phenolic OH excluding ortho intramolecular Hbond substituents is 1. The fraction of sp³-hybridized carbons (Fsp3) is 0.188. The number of rotatable bonds is 6. The van der Waals surface area contributed by atoms with Gasteiger partial charge in [0.2, 0.25) is 0 Å². The number of oxime groups is 1. The average molecular weight is 287 g/mol. The highest BCUT2D eigenvalue weighted by Gasteiger charge is 2.02. The van der Waals surface area contributed by atoms with Crippen LogP contribution in [-0.4, -0.2) is 23.1 Å². The SMILES string of the molecule is COc1cc(C=CC(CCc2ccco2)=NO)ccc1O. The fourth-order valence-corrected chi connectivity index (χ4v) is 1.86. The van der Waals surface area contributed by atoms with Gasteiger partial charge in [-0.15, -0.1) is 0 Å². The largest absolute Gasteiger partial charge is 0.504 e. The number of phenols is 1. The molecule has 0 radical (unpaired) electrons. The molecule has 1 heterocycles. The van der Waals surface area contributed by atoms with Crippen LogP contribution in [0.2, 0.25) is 0 Å². The maximum absolute atomic E-state index is 9.53. The van der Waals surface area contributed by atoms with E-state index in [-0.39, 0.29) is 5.75 Å². The molecule has 0 unspecified atom stereocenters. The normalized spacial score (nSPS) is 12.0. The number of ether oxygens (including phenoxy) is 1. The summed E-state index contributed by atoms with van der Waals surface area (Å²) in [5.74, 6) is 1.33. The first-order valence-electron chi connectivity index (χ1n) is 6.51. The summed E-state index contributed by atoms with van der Waals surface area (Å²) in [5, 5.41) is 21.8. The molecule has 0 amide bonds. The summed E-state index contributed by atoms with van der Waals surface area (Å²) >= 11 is 0. The van der Waals surface area contributed by atoms with Crippen molar-refractivity contribution in [3.63, 3.8) is 0 Å². The zero-order valence-corrected chi connectivity index (χ0v) is 11.7. The molecule has 1 aromatic carbocycles. The van der Waals surface area contributed by atoms with E-state index < -0.39 is 0 Å². The Labute approximate surface area is 122 Å². The van der Waals surface area contributed by atoms with Gasteiger partial charge in [-0.05, 0) is 35.9 Å². The third-order valence-electron chi connectivity index (χ3n) is 3.01. The van der Waals surface area contributed by atoms with E-state index in [1.165, 1.54) is 7.11 Å². The molecule has 0 saturated heterocycles. The Bertz CT molecular complexity index is 630. The fourth-order valence-electron chi connectivity index (χ4n) is 1.86. The van der Waals surface area contributed by atoms with Gasteiger partial charge in [0.05, 0.1) is 19.1 Å². The lowest BCUT2D eigenvalue weighted by atomic mass is 10.1. The summed E-state index contributed by atoms with van der Waals surface area (Å²) in [7, 11) is 1.49. The van der Waals surface area contributed by atoms with E-state index in [1.807, 2.05) is 12.1 Å². The van der Waals surface area contributed by atoms with Crippen molar-refractivity contribution in [3.8, 4) is 11.5 Å². The lowest BCUT2D eigenvalue weighted by Gasteiger charge is -2.03. The molecule has 5 nitrogen and oxygen atoms in total. The quantitative estimate of drug-likeness (QED) is 0.484. The van der Waals surface area contributed by atoms with Crippen LogP contribution in [0.5, 0.6) is 11.5 Å². The second-order valence-corrected chi connectivity index (χ2v) is 4.44. The van der Waals surface area contributed by atoms with Gasteiger partial charge < -0.3 is 19.5 Å². The molecule has 0 atom stereocenters. The van der Waals surface area contributed by atoms with Crippen LogP contribution in [0.4, 0.5) is 0 Å². The summed E-state index contributed by atoms with van der Waals surface area (Å²) in [4.78, 5) is 0. The van der Waals surface area contributed by atoms with Gasteiger partial charge >= 0.3 is 0 Å². The highest BCUT2D eigenvalue weighted by Crippen LogP contribution is 2.26. The summed E-state index contributed by atoms with van der Waals surface area (Å²) < 4.78 is 10.3. The molecular formula is C16H17NO4. The van der Waals surface area contributed by atoms with Gasteiger partial charge in [0.1, 0.15) is 5.76 Å². The predicted molar refractivity (Wildman–Crippen MR) is 79.9 cm³/mol. The van der Waals surface area contributed by atoms with Gasteiger partial charge in [0, 0.05) is 12.8 Å². The molecule has 2 rings (SSSR count). The second-order valence-electron chi connectivity index (χ2n) is 4.44.